The minimum absolute atomic E-state index is 0.0975. The first-order chi connectivity index (χ1) is 11.4. The first kappa shape index (κ1) is 16.8. The van der Waals surface area contributed by atoms with Crippen molar-refractivity contribution in [2.75, 3.05) is 13.1 Å². The number of hydrogen-bond donors (Lipinski definition) is 2. The number of H-pyrrole nitrogens is 1. The zero-order valence-electron chi connectivity index (χ0n) is 13.0. The van der Waals surface area contributed by atoms with Gasteiger partial charge in [-0.3, -0.25) is 4.79 Å². The van der Waals surface area contributed by atoms with Gasteiger partial charge in [-0.2, -0.15) is 13.2 Å². The average molecular weight is 340 g/mol. The number of hydrogen-bond acceptors (Lipinski definition) is 2. The standard InChI is InChI=1S/C17H19F3N2O2/c18-17(19,20)16(24)11-5-7-22(8-6-11)15(23)9-12-10-21-14-4-2-1-3-13(12)14/h1-4,10-11,16,21,24H,5-9H2. The number of halogens is 3. The molecule has 0 bridgehead atoms. The van der Waals surface area contributed by atoms with Crippen LogP contribution in [-0.4, -0.2) is 46.3 Å². The van der Waals surface area contributed by atoms with Gasteiger partial charge in [-0.05, 0) is 30.4 Å². The normalized spacial score (nSPS) is 18.1. The van der Waals surface area contributed by atoms with Crippen molar-refractivity contribution in [2.24, 2.45) is 5.92 Å². The van der Waals surface area contributed by atoms with E-state index in [4.69, 9.17) is 0 Å². The summed E-state index contributed by atoms with van der Waals surface area (Å²) in [6, 6.07) is 7.66. The van der Waals surface area contributed by atoms with Crippen molar-refractivity contribution in [3.05, 3.63) is 36.0 Å². The monoisotopic (exact) mass is 340 g/mol. The Morgan fingerprint density at radius 1 is 1.29 bits per heavy atom. The number of alkyl halides is 3. The van der Waals surface area contributed by atoms with E-state index in [2.05, 4.69) is 4.98 Å². The van der Waals surface area contributed by atoms with Gasteiger partial charge >= 0.3 is 6.18 Å². The van der Waals surface area contributed by atoms with Gasteiger partial charge in [0.1, 0.15) is 0 Å². The van der Waals surface area contributed by atoms with Crippen LogP contribution in [0, 0.1) is 5.92 Å². The third-order valence-corrected chi connectivity index (χ3v) is 4.69. The van der Waals surface area contributed by atoms with E-state index < -0.39 is 18.2 Å². The number of aliphatic hydroxyl groups is 1. The van der Waals surface area contributed by atoms with Gasteiger partial charge in [0.05, 0.1) is 6.42 Å². The number of nitrogens with one attached hydrogen (secondary N) is 1. The molecule has 0 aliphatic carbocycles. The Hall–Kier alpha value is -2.02. The van der Waals surface area contributed by atoms with E-state index in [1.54, 1.807) is 11.1 Å². The van der Waals surface area contributed by atoms with Crippen molar-refractivity contribution >= 4 is 16.8 Å². The Balaban J connectivity index is 1.60. The lowest BCUT2D eigenvalue weighted by Crippen LogP contribution is -2.45. The molecule has 1 atom stereocenters. The van der Waals surface area contributed by atoms with E-state index in [-0.39, 0.29) is 38.3 Å². The van der Waals surface area contributed by atoms with Crippen molar-refractivity contribution in [3.63, 3.8) is 0 Å². The molecule has 2 aromatic rings. The van der Waals surface area contributed by atoms with Crippen molar-refractivity contribution in [2.45, 2.75) is 31.5 Å². The van der Waals surface area contributed by atoms with Gasteiger partial charge in [0.2, 0.25) is 5.91 Å². The zero-order chi connectivity index (χ0) is 17.3. The van der Waals surface area contributed by atoms with Crippen molar-refractivity contribution < 1.29 is 23.1 Å². The number of rotatable bonds is 3. The second-order valence-electron chi connectivity index (χ2n) is 6.24. The van der Waals surface area contributed by atoms with Crippen LogP contribution in [0.2, 0.25) is 0 Å². The Bertz CT molecular complexity index is 718. The highest BCUT2D eigenvalue weighted by molar-refractivity contribution is 5.88. The highest BCUT2D eigenvalue weighted by Crippen LogP contribution is 2.31. The predicted molar refractivity (Wildman–Crippen MR) is 83.4 cm³/mol. The van der Waals surface area contributed by atoms with Crippen molar-refractivity contribution in [1.29, 1.82) is 0 Å². The lowest BCUT2D eigenvalue weighted by molar-refractivity contribution is -0.222. The molecule has 2 heterocycles. The van der Waals surface area contributed by atoms with Gasteiger partial charge in [-0.25, -0.2) is 0 Å². The Morgan fingerprint density at radius 2 is 1.96 bits per heavy atom. The van der Waals surface area contributed by atoms with Gasteiger partial charge in [-0.1, -0.05) is 18.2 Å². The van der Waals surface area contributed by atoms with Gasteiger partial charge in [-0.15, -0.1) is 0 Å². The average Bonchev–Trinajstić information content (AvgIpc) is 2.96. The minimum atomic E-state index is -4.60. The lowest BCUT2D eigenvalue weighted by atomic mass is 9.90. The number of carbonyl (C=O) groups is 1. The molecule has 4 nitrogen and oxygen atoms in total. The summed E-state index contributed by atoms with van der Waals surface area (Å²) in [6.07, 6.45) is -4.55. The third kappa shape index (κ3) is 3.40. The fourth-order valence-electron chi connectivity index (χ4n) is 3.28. The molecular weight excluding hydrogens is 321 g/mol. The largest absolute Gasteiger partial charge is 0.414 e. The number of aliphatic hydroxyl groups excluding tert-OH is 1. The van der Waals surface area contributed by atoms with Crippen LogP contribution in [0.4, 0.5) is 13.2 Å². The molecule has 7 heteroatoms. The van der Waals surface area contributed by atoms with E-state index in [9.17, 15) is 23.1 Å². The molecule has 2 N–H and O–H groups in total. The van der Waals surface area contributed by atoms with Crippen LogP contribution in [0.5, 0.6) is 0 Å². The van der Waals surface area contributed by atoms with Crippen LogP contribution >= 0.6 is 0 Å². The maximum Gasteiger partial charge on any atom is 0.414 e. The number of carbonyl (C=O) groups excluding carboxylic acids is 1. The van der Waals surface area contributed by atoms with Crippen LogP contribution in [0.15, 0.2) is 30.5 Å². The Kier molecular flexibility index (Phi) is 4.54. The molecule has 1 aromatic carbocycles. The minimum Gasteiger partial charge on any atom is -0.383 e. The van der Waals surface area contributed by atoms with Gasteiger partial charge in [0.25, 0.3) is 0 Å². The molecule has 0 spiro atoms. The molecule has 1 unspecified atom stereocenters. The molecule has 1 fully saturated rings. The summed E-state index contributed by atoms with van der Waals surface area (Å²) in [4.78, 5) is 17.1. The molecule has 3 rings (SSSR count). The predicted octanol–water partition coefficient (Wildman–Crippen LogP) is 2.87. The van der Waals surface area contributed by atoms with E-state index >= 15 is 0 Å². The number of aromatic nitrogens is 1. The summed E-state index contributed by atoms with van der Waals surface area (Å²) in [5.41, 5.74) is 1.83. The van der Waals surface area contributed by atoms with E-state index in [0.717, 1.165) is 16.5 Å². The molecule has 0 radical (unpaired) electrons. The van der Waals surface area contributed by atoms with E-state index in [0.29, 0.717) is 0 Å². The summed E-state index contributed by atoms with van der Waals surface area (Å²) in [5.74, 6) is -0.929. The van der Waals surface area contributed by atoms with Crippen molar-refractivity contribution in [3.8, 4) is 0 Å². The second-order valence-corrected chi connectivity index (χ2v) is 6.24. The number of nitrogens with zero attached hydrogens (tertiary/aromatic N) is 1. The van der Waals surface area contributed by atoms with Crippen molar-refractivity contribution in [1.82, 2.24) is 9.88 Å². The molecule has 0 saturated carbocycles. The second kappa shape index (κ2) is 6.47. The van der Waals surface area contributed by atoms with Crippen LogP contribution in [0.3, 0.4) is 0 Å². The fraction of sp³-hybridized carbons (Fsp3) is 0.471. The molecule has 1 saturated heterocycles. The van der Waals surface area contributed by atoms with Gasteiger partial charge in [0.15, 0.2) is 6.10 Å². The van der Waals surface area contributed by atoms with Crippen LogP contribution in [0.25, 0.3) is 10.9 Å². The number of amides is 1. The molecule has 130 valence electrons. The van der Waals surface area contributed by atoms with Gasteiger partial charge in [0, 0.05) is 30.2 Å². The first-order valence-electron chi connectivity index (χ1n) is 7.94. The molecule has 1 aromatic heterocycles. The lowest BCUT2D eigenvalue weighted by Gasteiger charge is -2.34. The number of benzene rings is 1. The summed E-state index contributed by atoms with van der Waals surface area (Å²) < 4.78 is 37.7. The molecule has 1 amide bonds. The molecular formula is C17H19F3N2O2. The highest BCUT2D eigenvalue weighted by Gasteiger charge is 2.44. The Morgan fingerprint density at radius 3 is 2.62 bits per heavy atom. The summed E-state index contributed by atoms with van der Waals surface area (Å²) in [5, 5.41) is 10.3. The number of likely N-dealkylation sites (tertiary alicyclic amines) is 1. The third-order valence-electron chi connectivity index (χ3n) is 4.69. The number of piperidine rings is 1. The highest BCUT2D eigenvalue weighted by atomic mass is 19.4. The summed E-state index contributed by atoms with van der Waals surface area (Å²) in [7, 11) is 0. The van der Waals surface area contributed by atoms with Crippen LogP contribution < -0.4 is 0 Å². The maximum absolute atomic E-state index is 12.6. The zero-order valence-corrected chi connectivity index (χ0v) is 13.0. The topological polar surface area (TPSA) is 56.3 Å². The van der Waals surface area contributed by atoms with E-state index in [1.807, 2.05) is 24.3 Å². The number of para-hydroxylation sites is 1. The smallest absolute Gasteiger partial charge is 0.383 e. The molecule has 1 aliphatic heterocycles. The summed E-state index contributed by atoms with van der Waals surface area (Å²) >= 11 is 0. The van der Waals surface area contributed by atoms with Gasteiger partial charge < -0.3 is 15.0 Å². The maximum atomic E-state index is 12.6. The quantitative estimate of drug-likeness (QED) is 0.903. The van der Waals surface area contributed by atoms with Crippen LogP contribution in [-0.2, 0) is 11.2 Å². The van der Waals surface area contributed by atoms with Crippen LogP contribution in [0.1, 0.15) is 18.4 Å². The number of fused-ring (bicyclic) bond motifs is 1. The Labute approximate surface area is 137 Å². The first-order valence-corrected chi connectivity index (χ1v) is 7.94. The molecule has 1 aliphatic rings. The summed E-state index contributed by atoms with van der Waals surface area (Å²) in [6.45, 7) is 0.498. The fourth-order valence-corrected chi connectivity index (χ4v) is 3.28. The molecule has 24 heavy (non-hydrogen) atoms. The number of aromatic amines is 1. The SMILES string of the molecule is O=C(Cc1c[nH]c2ccccc12)N1CCC(C(O)C(F)(F)F)CC1. The van der Waals surface area contributed by atoms with E-state index in [1.165, 1.54) is 0 Å².